The summed E-state index contributed by atoms with van der Waals surface area (Å²) in [6.45, 7) is 10.6. The van der Waals surface area contributed by atoms with E-state index in [-0.39, 0.29) is 13.1 Å². The summed E-state index contributed by atoms with van der Waals surface area (Å²) in [7, 11) is 0. The summed E-state index contributed by atoms with van der Waals surface area (Å²) in [4.78, 5) is 24.3. The van der Waals surface area contributed by atoms with Gasteiger partial charge < -0.3 is 15.8 Å². The lowest BCUT2D eigenvalue weighted by molar-refractivity contribution is 0.0327. The second-order valence-electron chi connectivity index (χ2n) is 4.63. The first kappa shape index (κ1) is 15.4. The van der Waals surface area contributed by atoms with Crippen LogP contribution in [0.15, 0.2) is 12.3 Å². The van der Waals surface area contributed by atoms with Gasteiger partial charge in [-0.25, -0.2) is 14.5 Å². The third-order valence-electron chi connectivity index (χ3n) is 1.53. The molecule has 0 aromatic rings. The molecule has 3 amide bonds. The number of rotatable bonds is 3. The Hall–Kier alpha value is -1.56. The van der Waals surface area contributed by atoms with Gasteiger partial charge >= 0.3 is 12.1 Å². The summed E-state index contributed by atoms with van der Waals surface area (Å²) < 4.78 is 5.10. The normalized spacial score (nSPS) is 10.6. The zero-order chi connectivity index (χ0) is 13.6. The van der Waals surface area contributed by atoms with Gasteiger partial charge in [-0.1, -0.05) is 6.58 Å². The minimum atomic E-state index is -0.721. The highest BCUT2D eigenvalue weighted by atomic mass is 16.6. The summed E-state index contributed by atoms with van der Waals surface area (Å²) in [5.74, 6) is 0. The van der Waals surface area contributed by atoms with Crippen molar-refractivity contribution in [2.24, 2.45) is 5.73 Å². The smallest absolute Gasteiger partial charge is 0.418 e. The van der Waals surface area contributed by atoms with E-state index in [0.29, 0.717) is 5.70 Å². The molecule has 0 aliphatic carbocycles. The van der Waals surface area contributed by atoms with Gasteiger partial charge in [0.1, 0.15) is 5.60 Å². The van der Waals surface area contributed by atoms with E-state index in [4.69, 9.17) is 10.5 Å². The van der Waals surface area contributed by atoms with Crippen LogP contribution < -0.4 is 11.1 Å². The number of hydrogen-bond donors (Lipinski definition) is 2. The molecule has 0 spiro atoms. The zero-order valence-electron chi connectivity index (χ0n) is 10.9. The van der Waals surface area contributed by atoms with E-state index < -0.39 is 17.7 Å². The molecule has 3 N–H and O–H groups in total. The standard InChI is InChI=1S/C11H21N3O3/c1-8(2)13-9(15)14(7-6-12)10(16)17-11(3,4)5/h1,6-7,12H2,2-5H3,(H,13,15). The molecule has 0 heterocycles. The van der Waals surface area contributed by atoms with Crippen molar-refractivity contribution in [1.82, 2.24) is 10.2 Å². The molecule has 6 heteroatoms. The number of ether oxygens (including phenoxy) is 1. The minimum Gasteiger partial charge on any atom is -0.443 e. The fourth-order valence-electron chi connectivity index (χ4n) is 0.972. The quantitative estimate of drug-likeness (QED) is 0.785. The van der Waals surface area contributed by atoms with Crippen LogP contribution in [0.4, 0.5) is 9.59 Å². The Morgan fingerprint density at radius 2 is 1.94 bits per heavy atom. The molecule has 0 fully saturated rings. The van der Waals surface area contributed by atoms with Crippen molar-refractivity contribution in [3.63, 3.8) is 0 Å². The molecule has 0 aliphatic rings. The molecule has 0 atom stereocenters. The Kier molecular flexibility index (Phi) is 5.67. The molecular weight excluding hydrogens is 222 g/mol. The van der Waals surface area contributed by atoms with Crippen molar-refractivity contribution in [3.05, 3.63) is 12.3 Å². The van der Waals surface area contributed by atoms with Gasteiger partial charge in [-0.3, -0.25) is 0 Å². The lowest BCUT2D eigenvalue weighted by Crippen LogP contribution is -2.47. The number of allylic oxidation sites excluding steroid dienone is 1. The second kappa shape index (κ2) is 6.24. The van der Waals surface area contributed by atoms with Crippen molar-refractivity contribution in [2.45, 2.75) is 33.3 Å². The number of carbonyl (C=O) groups is 2. The van der Waals surface area contributed by atoms with Gasteiger partial charge in [0.2, 0.25) is 0 Å². The molecule has 0 saturated carbocycles. The van der Waals surface area contributed by atoms with Crippen LogP contribution >= 0.6 is 0 Å². The minimum absolute atomic E-state index is 0.0913. The first-order chi connectivity index (χ1) is 7.67. The van der Waals surface area contributed by atoms with E-state index in [0.717, 1.165) is 4.90 Å². The number of hydrogen-bond acceptors (Lipinski definition) is 4. The van der Waals surface area contributed by atoms with E-state index in [1.165, 1.54) is 0 Å². The van der Waals surface area contributed by atoms with Crippen molar-refractivity contribution in [2.75, 3.05) is 13.1 Å². The Morgan fingerprint density at radius 3 is 2.29 bits per heavy atom. The van der Waals surface area contributed by atoms with Gasteiger partial charge in [0.25, 0.3) is 0 Å². The van der Waals surface area contributed by atoms with Crippen LogP contribution in [0.1, 0.15) is 27.7 Å². The van der Waals surface area contributed by atoms with Gasteiger partial charge in [0.05, 0.1) is 0 Å². The van der Waals surface area contributed by atoms with Crippen LogP contribution in [0.5, 0.6) is 0 Å². The highest BCUT2D eigenvalue weighted by molar-refractivity contribution is 5.91. The molecule has 17 heavy (non-hydrogen) atoms. The van der Waals surface area contributed by atoms with E-state index in [2.05, 4.69) is 11.9 Å². The summed E-state index contributed by atoms with van der Waals surface area (Å²) >= 11 is 0. The lowest BCUT2D eigenvalue weighted by atomic mass is 10.2. The third kappa shape index (κ3) is 6.57. The van der Waals surface area contributed by atoms with Crippen LogP contribution in [0.2, 0.25) is 0 Å². The molecule has 0 rings (SSSR count). The maximum absolute atomic E-state index is 11.7. The Morgan fingerprint density at radius 1 is 1.41 bits per heavy atom. The number of nitrogens with zero attached hydrogens (tertiary/aromatic N) is 1. The molecule has 0 unspecified atom stereocenters. The molecule has 0 bridgehead atoms. The monoisotopic (exact) mass is 243 g/mol. The topological polar surface area (TPSA) is 84.7 Å². The third-order valence-corrected chi connectivity index (χ3v) is 1.53. The molecule has 6 nitrogen and oxygen atoms in total. The summed E-state index contributed by atoms with van der Waals surface area (Å²) in [6, 6.07) is -0.586. The Bertz CT molecular complexity index is 308. The number of carbonyl (C=O) groups excluding carboxylic acids is 2. The molecular formula is C11H21N3O3. The number of amides is 3. The number of urea groups is 1. The van der Waals surface area contributed by atoms with Crippen LogP contribution in [0.25, 0.3) is 0 Å². The van der Waals surface area contributed by atoms with Crippen molar-refractivity contribution in [3.8, 4) is 0 Å². The molecule has 0 saturated heterocycles. The summed E-state index contributed by atoms with van der Waals surface area (Å²) in [6.07, 6.45) is -0.721. The highest BCUT2D eigenvalue weighted by Crippen LogP contribution is 2.10. The Balaban J connectivity index is 4.67. The van der Waals surface area contributed by atoms with E-state index in [1.54, 1.807) is 27.7 Å². The number of nitrogens with two attached hydrogens (primary N) is 1. The average molecular weight is 243 g/mol. The van der Waals surface area contributed by atoms with Gasteiger partial charge in [-0.2, -0.15) is 0 Å². The fraction of sp³-hybridized carbons (Fsp3) is 0.636. The maximum atomic E-state index is 11.7. The van der Waals surface area contributed by atoms with Crippen LogP contribution in [0, 0.1) is 0 Å². The van der Waals surface area contributed by atoms with Crippen molar-refractivity contribution >= 4 is 12.1 Å². The van der Waals surface area contributed by atoms with Crippen molar-refractivity contribution in [1.29, 1.82) is 0 Å². The SMILES string of the molecule is C=C(C)NC(=O)N(CCN)C(=O)OC(C)(C)C. The van der Waals surface area contributed by atoms with E-state index >= 15 is 0 Å². The maximum Gasteiger partial charge on any atom is 0.418 e. The van der Waals surface area contributed by atoms with E-state index in [9.17, 15) is 9.59 Å². The molecule has 0 aromatic carbocycles. The Labute approximate surface area is 102 Å². The zero-order valence-corrected chi connectivity index (χ0v) is 10.9. The van der Waals surface area contributed by atoms with Crippen LogP contribution in [-0.2, 0) is 4.74 Å². The summed E-state index contributed by atoms with van der Waals surface area (Å²) in [5, 5.41) is 2.43. The van der Waals surface area contributed by atoms with E-state index in [1.807, 2.05) is 0 Å². The van der Waals surface area contributed by atoms with Gasteiger partial charge in [0.15, 0.2) is 0 Å². The number of imide groups is 1. The largest absolute Gasteiger partial charge is 0.443 e. The highest BCUT2D eigenvalue weighted by Gasteiger charge is 2.26. The second-order valence-corrected chi connectivity index (χ2v) is 4.63. The van der Waals surface area contributed by atoms with Gasteiger partial charge in [0, 0.05) is 18.8 Å². The number of nitrogens with one attached hydrogen (secondary N) is 1. The summed E-state index contributed by atoms with van der Waals surface area (Å²) in [5.41, 5.74) is 5.13. The van der Waals surface area contributed by atoms with Gasteiger partial charge in [-0.05, 0) is 27.7 Å². The molecule has 0 radical (unpaired) electrons. The first-order valence-corrected chi connectivity index (χ1v) is 5.34. The molecule has 0 aromatic heterocycles. The predicted octanol–water partition coefficient (Wildman–Crippen LogP) is 1.43. The van der Waals surface area contributed by atoms with Crippen LogP contribution in [0.3, 0.4) is 0 Å². The fourth-order valence-corrected chi connectivity index (χ4v) is 0.972. The molecule has 98 valence electrons. The molecule has 0 aliphatic heterocycles. The lowest BCUT2D eigenvalue weighted by Gasteiger charge is -2.25. The van der Waals surface area contributed by atoms with Gasteiger partial charge in [-0.15, -0.1) is 0 Å². The first-order valence-electron chi connectivity index (χ1n) is 5.34. The van der Waals surface area contributed by atoms with Crippen molar-refractivity contribution < 1.29 is 14.3 Å². The van der Waals surface area contributed by atoms with Crippen LogP contribution in [-0.4, -0.2) is 35.7 Å². The average Bonchev–Trinajstić information content (AvgIpc) is 2.09. The predicted molar refractivity (Wildman–Crippen MR) is 65.3 cm³/mol.